The molecule has 0 aliphatic carbocycles. The lowest BCUT2D eigenvalue weighted by atomic mass is 10.3. The van der Waals surface area contributed by atoms with Crippen molar-refractivity contribution >= 4 is 35.0 Å². The summed E-state index contributed by atoms with van der Waals surface area (Å²) in [6, 6.07) is 7.49. The van der Waals surface area contributed by atoms with Crippen LogP contribution >= 0.6 is 23.4 Å². The predicted molar refractivity (Wildman–Crippen MR) is 81.4 cm³/mol. The Morgan fingerprint density at radius 3 is 2.35 bits per heavy atom. The average molecular weight is 308 g/mol. The second-order valence-electron chi connectivity index (χ2n) is 4.30. The van der Waals surface area contributed by atoms with Crippen molar-refractivity contribution in [2.75, 3.05) is 5.32 Å². The van der Waals surface area contributed by atoms with Crippen molar-refractivity contribution in [1.82, 2.24) is 9.97 Å². The van der Waals surface area contributed by atoms with Crippen LogP contribution in [0.25, 0.3) is 0 Å². The van der Waals surface area contributed by atoms with E-state index in [-0.39, 0.29) is 5.91 Å². The molecule has 2 aromatic rings. The number of amides is 1. The zero-order valence-corrected chi connectivity index (χ0v) is 13.0. The van der Waals surface area contributed by atoms with Gasteiger partial charge >= 0.3 is 0 Å². The Labute approximate surface area is 127 Å². The van der Waals surface area contributed by atoms with Gasteiger partial charge in [-0.15, -0.1) is 0 Å². The molecule has 0 atom stereocenters. The number of carbonyl (C=O) groups excluding carboxylic acids is 1. The summed E-state index contributed by atoms with van der Waals surface area (Å²) in [5.41, 5.74) is 2.46. The maximum Gasteiger partial charge on any atom is 0.221 e. The van der Waals surface area contributed by atoms with Crippen LogP contribution in [0.15, 0.2) is 34.2 Å². The van der Waals surface area contributed by atoms with E-state index in [4.69, 9.17) is 11.6 Å². The standard InChI is InChI=1S/C14H14ClN3OS/c1-8-9(2)17-14(13(15)16-8)20-12-6-4-11(5-7-12)18-10(3)19/h4-7H,1-3H3,(H,18,19). The Morgan fingerprint density at radius 2 is 1.75 bits per heavy atom. The highest BCUT2D eigenvalue weighted by Crippen LogP contribution is 2.31. The number of halogens is 1. The third-order valence-electron chi connectivity index (χ3n) is 2.62. The molecule has 0 aliphatic rings. The number of hydrogen-bond donors (Lipinski definition) is 1. The van der Waals surface area contributed by atoms with Gasteiger partial charge in [0, 0.05) is 17.5 Å². The molecule has 0 unspecified atom stereocenters. The molecule has 1 aromatic heterocycles. The van der Waals surface area contributed by atoms with E-state index in [1.807, 2.05) is 38.1 Å². The minimum absolute atomic E-state index is 0.0894. The summed E-state index contributed by atoms with van der Waals surface area (Å²) >= 11 is 7.55. The molecule has 0 saturated carbocycles. The molecule has 20 heavy (non-hydrogen) atoms. The zero-order chi connectivity index (χ0) is 14.7. The number of anilines is 1. The zero-order valence-electron chi connectivity index (χ0n) is 11.4. The van der Waals surface area contributed by atoms with Crippen LogP contribution in [0.5, 0.6) is 0 Å². The summed E-state index contributed by atoms with van der Waals surface area (Å²) in [6.45, 7) is 5.26. The van der Waals surface area contributed by atoms with Crippen LogP contribution in [0.2, 0.25) is 5.15 Å². The second kappa shape index (κ2) is 6.24. The van der Waals surface area contributed by atoms with Crippen LogP contribution in [0.3, 0.4) is 0 Å². The van der Waals surface area contributed by atoms with Gasteiger partial charge in [-0.2, -0.15) is 0 Å². The number of benzene rings is 1. The van der Waals surface area contributed by atoms with Crippen molar-refractivity contribution in [1.29, 1.82) is 0 Å². The highest BCUT2D eigenvalue weighted by molar-refractivity contribution is 7.99. The van der Waals surface area contributed by atoms with Crippen molar-refractivity contribution in [3.8, 4) is 0 Å². The number of carbonyl (C=O) groups is 1. The largest absolute Gasteiger partial charge is 0.326 e. The summed E-state index contributed by atoms with van der Waals surface area (Å²) in [4.78, 5) is 20.6. The van der Waals surface area contributed by atoms with Crippen molar-refractivity contribution < 1.29 is 4.79 Å². The third-order valence-corrected chi connectivity index (χ3v) is 3.99. The maximum absolute atomic E-state index is 11.0. The van der Waals surface area contributed by atoms with E-state index in [0.717, 1.165) is 22.0 Å². The van der Waals surface area contributed by atoms with E-state index in [2.05, 4.69) is 15.3 Å². The molecule has 1 N–H and O–H groups in total. The number of aryl methyl sites for hydroxylation is 2. The van der Waals surface area contributed by atoms with Crippen molar-refractivity contribution in [2.24, 2.45) is 0 Å². The number of nitrogens with one attached hydrogen (secondary N) is 1. The minimum atomic E-state index is -0.0894. The smallest absolute Gasteiger partial charge is 0.221 e. The lowest BCUT2D eigenvalue weighted by molar-refractivity contribution is -0.114. The van der Waals surface area contributed by atoms with Crippen molar-refractivity contribution in [2.45, 2.75) is 30.7 Å². The fourth-order valence-electron chi connectivity index (χ4n) is 1.54. The van der Waals surface area contributed by atoms with Crippen LogP contribution in [0.4, 0.5) is 5.69 Å². The molecule has 0 bridgehead atoms. The Balaban J connectivity index is 2.18. The molecule has 0 saturated heterocycles. The van der Waals surface area contributed by atoms with Gasteiger partial charge in [-0.25, -0.2) is 9.97 Å². The van der Waals surface area contributed by atoms with Crippen LogP contribution in [0.1, 0.15) is 18.3 Å². The highest BCUT2D eigenvalue weighted by Gasteiger charge is 2.09. The molecule has 0 spiro atoms. The first-order valence-electron chi connectivity index (χ1n) is 6.02. The van der Waals surface area contributed by atoms with Gasteiger partial charge in [0.05, 0.1) is 11.4 Å². The van der Waals surface area contributed by atoms with E-state index in [1.165, 1.54) is 18.7 Å². The van der Waals surface area contributed by atoms with Gasteiger partial charge in [0.2, 0.25) is 5.91 Å². The van der Waals surface area contributed by atoms with Crippen LogP contribution in [-0.4, -0.2) is 15.9 Å². The Bertz CT molecular complexity index is 644. The molecule has 2 rings (SSSR count). The lowest BCUT2D eigenvalue weighted by Crippen LogP contribution is -2.05. The molecule has 104 valence electrons. The lowest BCUT2D eigenvalue weighted by Gasteiger charge is -2.07. The molecule has 1 heterocycles. The highest BCUT2D eigenvalue weighted by atomic mass is 35.5. The monoisotopic (exact) mass is 307 g/mol. The summed E-state index contributed by atoms with van der Waals surface area (Å²) in [6.07, 6.45) is 0. The summed E-state index contributed by atoms with van der Waals surface area (Å²) in [5.74, 6) is -0.0894. The van der Waals surface area contributed by atoms with Crippen LogP contribution in [-0.2, 0) is 4.79 Å². The predicted octanol–water partition coefficient (Wildman–Crippen LogP) is 3.86. The quantitative estimate of drug-likeness (QED) is 0.935. The van der Waals surface area contributed by atoms with Gasteiger partial charge in [0.15, 0.2) is 5.15 Å². The van der Waals surface area contributed by atoms with E-state index >= 15 is 0 Å². The number of rotatable bonds is 3. The topological polar surface area (TPSA) is 54.9 Å². The molecule has 0 fully saturated rings. The fourth-order valence-corrected chi connectivity index (χ4v) is 2.63. The Morgan fingerprint density at radius 1 is 1.15 bits per heavy atom. The van der Waals surface area contributed by atoms with E-state index in [9.17, 15) is 4.79 Å². The normalized spacial score (nSPS) is 10.4. The molecular formula is C14H14ClN3OS. The van der Waals surface area contributed by atoms with E-state index in [0.29, 0.717) is 10.2 Å². The van der Waals surface area contributed by atoms with Crippen molar-refractivity contribution in [3.05, 3.63) is 40.8 Å². The van der Waals surface area contributed by atoms with Gasteiger partial charge < -0.3 is 5.32 Å². The Hall–Kier alpha value is -1.59. The van der Waals surface area contributed by atoms with Crippen molar-refractivity contribution in [3.63, 3.8) is 0 Å². The molecule has 6 heteroatoms. The molecular weight excluding hydrogens is 294 g/mol. The number of nitrogens with zero attached hydrogens (tertiary/aromatic N) is 2. The maximum atomic E-state index is 11.0. The molecule has 1 aromatic carbocycles. The van der Waals surface area contributed by atoms with Gasteiger partial charge in [0.1, 0.15) is 5.03 Å². The Kier molecular flexibility index (Phi) is 4.62. The first-order valence-corrected chi connectivity index (χ1v) is 7.21. The average Bonchev–Trinajstić information content (AvgIpc) is 2.37. The number of hydrogen-bond acceptors (Lipinski definition) is 4. The summed E-state index contributed by atoms with van der Waals surface area (Å²) in [7, 11) is 0. The fraction of sp³-hybridized carbons (Fsp3) is 0.214. The van der Waals surface area contributed by atoms with Gasteiger partial charge in [-0.05, 0) is 38.1 Å². The van der Waals surface area contributed by atoms with Gasteiger partial charge in [0.25, 0.3) is 0 Å². The molecule has 4 nitrogen and oxygen atoms in total. The third kappa shape index (κ3) is 3.71. The second-order valence-corrected chi connectivity index (χ2v) is 5.72. The summed E-state index contributed by atoms with van der Waals surface area (Å²) < 4.78 is 0. The molecule has 0 radical (unpaired) electrons. The molecule has 1 amide bonds. The first kappa shape index (κ1) is 14.8. The van der Waals surface area contributed by atoms with Gasteiger partial charge in [-0.1, -0.05) is 23.4 Å². The van der Waals surface area contributed by atoms with E-state index in [1.54, 1.807) is 0 Å². The summed E-state index contributed by atoms with van der Waals surface area (Å²) in [5, 5.41) is 3.81. The molecule has 0 aliphatic heterocycles. The van der Waals surface area contributed by atoms with Gasteiger partial charge in [-0.3, -0.25) is 4.79 Å². The van der Waals surface area contributed by atoms with Crippen LogP contribution in [0, 0.1) is 13.8 Å². The van der Waals surface area contributed by atoms with Crippen LogP contribution < -0.4 is 5.32 Å². The SMILES string of the molecule is CC(=O)Nc1ccc(Sc2nc(C)c(C)nc2Cl)cc1. The first-order chi connectivity index (χ1) is 9.45. The number of aromatic nitrogens is 2. The van der Waals surface area contributed by atoms with E-state index < -0.39 is 0 Å². The minimum Gasteiger partial charge on any atom is -0.326 e.